The molecule has 204 valence electrons. The van der Waals surface area contributed by atoms with Gasteiger partial charge in [-0.05, 0) is 6.92 Å². The van der Waals surface area contributed by atoms with Crippen LogP contribution in [-0.2, 0) is 39.9 Å². The van der Waals surface area contributed by atoms with Crippen LogP contribution in [0.25, 0.3) is 10.3 Å². The Morgan fingerprint density at radius 2 is 1.71 bits per heavy atom. The topological polar surface area (TPSA) is 215 Å². The highest BCUT2D eigenvalue weighted by Gasteiger charge is 2.51. The van der Waals surface area contributed by atoms with Gasteiger partial charge in [0.05, 0.1) is 0 Å². The van der Waals surface area contributed by atoms with Gasteiger partial charge in [-0.1, -0.05) is 11.3 Å². The summed E-state index contributed by atoms with van der Waals surface area (Å²) in [6.45, 7) is 4.29. The molecular formula is C21H22N4O12S. The molecule has 0 bridgehead atoms. The van der Waals surface area contributed by atoms with Gasteiger partial charge in [-0.15, -0.1) is 0 Å². The van der Waals surface area contributed by atoms with E-state index >= 15 is 0 Å². The summed E-state index contributed by atoms with van der Waals surface area (Å²) in [4.78, 5) is 67.1. The van der Waals surface area contributed by atoms with Crippen molar-refractivity contribution in [2.75, 3.05) is 12.3 Å². The van der Waals surface area contributed by atoms with Crippen molar-refractivity contribution in [1.29, 1.82) is 0 Å². The number of nitrogens with two attached hydrogens (primary N) is 1. The zero-order chi connectivity index (χ0) is 27.7. The number of carbonyl (C=O) groups is 3. The fourth-order valence-corrected chi connectivity index (χ4v) is 4.66. The highest BCUT2D eigenvalue weighted by Crippen LogP contribution is 2.37. The standard InChI is InChI=1S/C21H22N4O12S/c1-7-11(37-21(30)33-7)5-32-17-15-16(23-19(22)24-17)25(20(29)38-15)18-14(35-10(4)28)13(34-9(3)27)12(36-18)6-31-8(2)26/h12-14,18H,5-6H2,1-4H3,(H2,22,23,24)/t12-,13-,14-,18-/m1/s1. The SMILES string of the molecule is CC(=O)OC[C@H]1O[C@@H](n2c(=O)sc3c(OCc4oc(=O)oc4C)nc(N)nc32)[C@H](OC(C)=O)[C@@H]1OC(C)=O. The number of nitrogens with zero attached hydrogens (tertiary/aromatic N) is 3. The van der Waals surface area contributed by atoms with Gasteiger partial charge in [0.15, 0.2) is 42.2 Å². The Labute approximate surface area is 216 Å². The van der Waals surface area contributed by atoms with Crippen molar-refractivity contribution < 1.29 is 46.9 Å². The van der Waals surface area contributed by atoms with Crippen LogP contribution in [0.4, 0.5) is 5.95 Å². The molecule has 1 aliphatic rings. The number of carbonyl (C=O) groups excluding carboxylic acids is 3. The van der Waals surface area contributed by atoms with Crippen molar-refractivity contribution in [1.82, 2.24) is 14.5 Å². The normalized spacial score (nSPS) is 20.8. The number of aromatic nitrogens is 3. The summed E-state index contributed by atoms with van der Waals surface area (Å²) >= 11 is 0.673. The first-order valence-corrected chi connectivity index (χ1v) is 11.8. The van der Waals surface area contributed by atoms with Crippen LogP contribution in [0.3, 0.4) is 0 Å². The summed E-state index contributed by atoms with van der Waals surface area (Å²) < 4.78 is 38.2. The molecule has 17 heteroatoms. The number of fused-ring (bicyclic) bond motifs is 1. The third kappa shape index (κ3) is 5.52. The molecule has 38 heavy (non-hydrogen) atoms. The van der Waals surface area contributed by atoms with Gasteiger partial charge in [-0.25, -0.2) is 4.79 Å². The number of ether oxygens (including phenoxy) is 5. The highest BCUT2D eigenvalue weighted by atomic mass is 32.1. The van der Waals surface area contributed by atoms with Crippen molar-refractivity contribution in [3.8, 4) is 5.88 Å². The number of nitrogen functional groups attached to an aromatic ring is 1. The molecule has 1 saturated heterocycles. The lowest BCUT2D eigenvalue weighted by Crippen LogP contribution is -2.41. The number of hydrogen-bond acceptors (Lipinski definition) is 16. The van der Waals surface area contributed by atoms with Gasteiger partial charge in [0.25, 0.3) is 0 Å². The van der Waals surface area contributed by atoms with E-state index in [2.05, 4.69) is 9.97 Å². The number of thiazole rings is 1. The first kappa shape index (κ1) is 26.8. The Kier molecular flexibility index (Phi) is 7.49. The maximum Gasteiger partial charge on any atom is 0.519 e. The number of hydrogen-bond donors (Lipinski definition) is 1. The Bertz CT molecular complexity index is 1500. The molecule has 16 nitrogen and oxygen atoms in total. The Hall–Kier alpha value is -4.25. The van der Waals surface area contributed by atoms with Crippen molar-refractivity contribution >= 4 is 45.5 Å². The molecule has 3 aromatic rings. The number of aryl methyl sites for hydroxylation is 1. The van der Waals surface area contributed by atoms with E-state index in [0.717, 1.165) is 18.4 Å². The molecule has 2 N–H and O–H groups in total. The first-order valence-electron chi connectivity index (χ1n) is 11.0. The average Bonchev–Trinajstić information content (AvgIpc) is 3.42. The van der Waals surface area contributed by atoms with E-state index in [4.69, 9.17) is 38.3 Å². The van der Waals surface area contributed by atoms with Gasteiger partial charge in [0.1, 0.15) is 17.4 Å². The monoisotopic (exact) mass is 554 g/mol. The van der Waals surface area contributed by atoms with Crippen LogP contribution in [-0.4, -0.2) is 57.4 Å². The molecule has 0 aliphatic carbocycles. The molecule has 0 aromatic carbocycles. The predicted octanol–water partition coefficient (Wildman–Crippen LogP) is 0.193. The average molecular weight is 554 g/mol. The van der Waals surface area contributed by atoms with Gasteiger partial charge in [0, 0.05) is 20.8 Å². The van der Waals surface area contributed by atoms with E-state index in [9.17, 15) is 24.0 Å². The summed E-state index contributed by atoms with van der Waals surface area (Å²) in [6.07, 6.45) is -5.01. The quantitative estimate of drug-likeness (QED) is 0.290. The summed E-state index contributed by atoms with van der Waals surface area (Å²) in [5.74, 6) is -3.12. The van der Waals surface area contributed by atoms with E-state index in [0.29, 0.717) is 11.3 Å². The predicted molar refractivity (Wildman–Crippen MR) is 124 cm³/mol. The second kappa shape index (κ2) is 10.6. The molecule has 4 atom stereocenters. The number of esters is 3. The molecule has 4 heterocycles. The largest absolute Gasteiger partial charge is 0.519 e. The minimum Gasteiger partial charge on any atom is -0.468 e. The highest BCUT2D eigenvalue weighted by molar-refractivity contribution is 7.16. The van der Waals surface area contributed by atoms with Gasteiger partial charge in [0.2, 0.25) is 11.8 Å². The van der Waals surface area contributed by atoms with Gasteiger partial charge in [-0.3, -0.25) is 23.7 Å². The van der Waals surface area contributed by atoms with Crippen LogP contribution in [0.5, 0.6) is 5.88 Å². The third-order valence-corrected chi connectivity index (χ3v) is 6.15. The van der Waals surface area contributed by atoms with Crippen molar-refractivity contribution in [3.05, 3.63) is 31.8 Å². The lowest BCUT2D eigenvalue weighted by atomic mass is 10.1. The summed E-state index contributed by atoms with van der Waals surface area (Å²) in [7, 11) is 0. The van der Waals surface area contributed by atoms with E-state index in [-0.39, 0.29) is 46.9 Å². The smallest absolute Gasteiger partial charge is 0.468 e. The molecule has 3 aromatic heterocycles. The molecule has 1 fully saturated rings. The van der Waals surface area contributed by atoms with Crippen LogP contribution >= 0.6 is 11.3 Å². The molecule has 0 unspecified atom stereocenters. The lowest BCUT2D eigenvalue weighted by molar-refractivity contribution is -0.166. The maximum atomic E-state index is 13.2. The first-order chi connectivity index (χ1) is 17.9. The maximum absolute atomic E-state index is 13.2. The Morgan fingerprint density at radius 1 is 1.03 bits per heavy atom. The minimum absolute atomic E-state index is 0.0373. The van der Waals surface area contributed by atoms with E-state index in [1.165, 1.54) is 13.8 Å². The van der Waals surface area contributed by atoms with Crippen LogP contribution in [0.2, 0.25) is 0 Å². The Balaban J connectivity index is 1.76. The van der Waals surface area contributed by atoms with E-state index in [1.807, 2.05) is 0 Å². The number of anilines is 1. The molecular weight excluding hydrogens is 532 g/mol. The van der Waals surface area contributed by atoms with Crippen molar-refractivity contribution in [2.45, 2.75) is 58.8 Å². The third-order valence-electron chi connectivity index (χ3n) is 5.22. The fourth-order valence-electron chi connectivity index (χ4n) is 3.77. The fraction of sp³-hybridized carbons (Fsp3) is 0.476. The second-order valence-corrected chi connectivity index (χ2v) is 8.98. The van der Waals surface area contributed by atoms with Crippen LogP contribution in [0.15, 0.2) is 18.4 Å². The molecule has 1 aliphatic heterocycles. The molecule has 0 spiro atoms. The van der Waals surface area contributed by atoms with Crippen LogP contribution < -0.4 is 21.2 Å². The van der Waals surface area contributed by atoms with Crippen LogP contribution in [0, 0.1) is 6.92 Å². The molecule has 4 rings (SSSR count). The van der Waals surface area contributed by atoms with Gasteiger partial charge < -0.3 is 38.3 Å². The van der Waals surface area contributed by atoms with Gasteiger partial charge in [-0.2, -0.15) is 9.97 Å². The zero-order valence-electron chi connectivity index (χ0n) is 20.4. The summed E-state index contributed by atoms with van der Waals surface area (Å²) in [6, 6.07) is 0. The second-order valence-electron chi connectivity index (χ2n) is 8.02. The zero-order valence-corrected chi connectivity index (χ0v) is 21.3. The summed E-state index contributed by atoms with van der Waals surface area (Å²) in [5.41, 5.74) is 5.83. The lowest BCUT2D eigenvalue weighted by Gasteiger charge is -2.23. The van der Waals surface area contributed by atoms with Crippen LogP contribution in [0.1, 0.15) is 38.5 Å². The minimum atomic E-state index is -1.36. The molecule has 0 radical (unpaired) electrons. The molecule has 0 amide bonds. The van der Waals surface area contributed by atoms with Crippen molar-refractivity contribution in [3.63, 3.8) is 0 Å². The summed E-state index contributed by atoms with van der Waals surface area (Å²) in [5, 5.41) is 0. The molecule has 0 saturated carbocycles. The van der Waals surface area contributed by atoms with Crippen molar-refractivity contribution in [2.24, 2.45) is 0 Å². The Morgan fingerprint density at radius 3 is 2.32 bits per heavy atom. The number of rotatable bonds is 8. The van der Waals surface area contributed by atoms with E-state index < -0.39 is 53.1 Å². The van der Waals surface area contributed by atoms with Gasteiger partial charge >= 0.3 is 28.6 Å². The van der Waals surface area contributed by atoms with E-state index in [1.54, 1.807) is 0 Å².